The number of ether oxygens (including phenoxy) is 1. The van der Waals surface area contributed by atoms with Gasteiger partial charge in [0.25, 0.3) is 0 Å². The molecule has 4 N–H and O–H groups in total. The minimum absolute atomic E-state index is 0.139. The lowest BCUT2D eigenvalue weighted by molar-refractivity contribution is 0.161. The fourth-order valence-electron chi connectivity index (χ4n) is 1.83. The Morgan fingerprint density at radius 1 is 1.40 bits per heavy atom. The number of oxime groups is 1. The van der Waals surface area contributed by atoms with Gasteiger partial charge in [-0.05, 0) is 12.6 Å². The molecule has 112 valence electrons. The van der Waals surface area contributed by atoms with Crippen molar-refractivity contribution in [1.82, 2.24) is 10.2 Å². The standard InChI is InChI=1S/C14H24N4O2/c1-18(9-10-20-2)8-7-16-11-12-5-3-4-6-13(12)14(15)17-19/h3-6,16,19H,7-11H2,1-2H3,(H2,15,17). The first-order chi connectivity index (χ1) is 9.69. The molecule has 0 aliphatic carbocycles. The quantitative estimate of drug-likeness (QED) is 0.201. The number of nitrogens with zero attached hydrogens (tertiary/aromatic N) is 2. The van der Waals surface area contributed by atoms with Crippen LogP contribution in [0.2, 0.25) is 0 Å². The second kappa shape index (κ2) is 9.30. The summed E-state index contributed by atoms with van der Waals surface area (Å²) in [5, 5.41) is 15.2. The SMILES string of the molecule is COCCN(C)CCNCc1ccccc1C(N)=NO. The first-order valence-corrected chi connectivity index (χ1v) is 6.63. The smallest absolute Gasteiger partial charge is 0.170 e. The molecule has 0 aromatic heterocycles. The highest BCUT2D eigenvalue weighted by Gasteiger charge is 2.05. The maximum atomic E-state index is 8.76. The normalized spacial score (nSPS) is 12.1. The predicted molar refractivity (Wildman–Crippen MR) is 80.0 cm³/mol. The number of benzene rings is 1. The van der Waals surface area contributed by atoms with Crippen LogP contribution >= 0.6 is 0 Å². The van der Waals surface area contributed by atoms with Crippen LogP contribution in [0.5, 0.6) is 0 Å². The van der Waals surface area contributed by atoms with Crippen molar-refractivity contribution in [1.29, 1.82) is 0 Å². The van der Waals surface area contributed by atoms with Gasteiger partial charge in [0.2, 0.25) is 0 Å². The monoisotopic (exact) mass is 280 g/mol. The fourth-order valence-corrected chi connectivity index (χ4v) is 1.83. The summed E-state index contributed by atoms with van der Waals surface area (Å²) in [6, 6.07) is 7.62. The van der Waals surface area contributed by atoms with Gasteiger partial charge in [0.05, 0.1) is 6.61 Å². The van der Waals surface area contributed by atoms with Crippen LogP contribution in [0.15, 0.2) is 29.4 Å². The van der Waals surface area contributed by atoms with Gasteiger partial charge in [-0.15, -0.1) is 0 Å². The van der Waals surface area contributed by atoms with Crippen LogP contribution in [-0.4, -0.2) is 56.3 Å². The molecule has 0 fully saturated rings. The Morgan fingerprint density at radius 2 is 2.15 bits per heavy atom. The maximum absolute atomic E-state index is 8.76. The zero-order valence-corrected chi connectivity index (χ0v) is 12.2. The zero-order chi connectivity index (χ0) is 14.8. The highest BCUT2D eigenvalue weighted by Crippen LogP contribution is 2.07. The first-order valence-electron chi connectivity index (χ1n) is 6.63. The van der Waals surface area contributed by atoms with Gasteiger partial charge in [-0.2, -0.15) is 0 Å². The summed E-state index contributed by atoms with van der Waals surface area (Å²) in [6.45, 7) is 4.14. The molecule has 0 unspecified atom stereocenters. The summed E-state index contributed by atoms with van der Waals surface area (Å²) in [5.74, 6) is 0.139. The summed E-state index contributed by atoms with van der Waals surface area (Å²) in [4.78, 5) is 2.20. The molecular formula is C14H24N4O2. The number of nitrogens with one attached hydrogen (secondary N) is 1. The van der Waals surface area contributed by atoms with E-state index in [-0.39, 0.29) is 5.84 Å². The average molecular weight is 280 g/mol. The van der Waals surface area contributed by atoms with Crippen LogP contribution in [0.4, 0.5) is 0 Å². The molecule has 0 radical (unpaired) electrons. The molecule has 0 aliphatic rings. The Hall–Kier alpha value is -1.63. The van der Waals surface area contributed by atoms with Gasteiger partial charge in [0.1, 0.15) is 0 Å². The molecular weight excluding hydrogens is 256 g/mol. The van der Waals surface area contributed by atoms with E-state index in [0.29, 0.717) is 6.54 Å². The maximum Gasteiger partial charge on any atom is 0.170 e. The number of likely N-dealkylation sites (N-methyl/N-ethyl adjacent to an activating group) is 1. The second-order valence-corrected chi connectivity index (χ2v) is 4.62. The van der Waals surface area contributed by atoms with Gasteiger partial charge in [0, 0.05) is 38.9 Å². The average Bonchev–Trinajstić information content (AvgIpc) is 2.49. The molecule has 0 bridgehead atoms. The predicted octanol–water partition coefficient (Wildman–Crippen LogP) is 0.449. The van der Waals surface area contributed by atoms with Gasteiger partial charge in [-0.3, -0.25) is 0 Å². The van der Waals surface area contributed by atoms with Crippen molar-refractivity contribution in [2.75, 3.05) is 40.4 Å². The van der Waals surface area contributed by atoms with Gasteiger partial charge >= 0.3 is 0 Å². The molecule has 6 heteroatoms. The largest absolute Gasteiger partial charge is 0.409 e. The minimum atomic E-state index is 0.139. The summed E-state index contributed by atoms with van der Waals surface area (Å²) >= 11 is 0. The molecule has 0 saturated heterocycles. The summed E-state index contributed by atoms with van der Waals surface area (Å²) in [7, 11) is 3.77. The Bertz CT molecular complexity index is 423. The minimum Gasteiger partial charge on any atom is -0.409 e. The molecule has 1 rings (SSSR count). The molecule has 0 spiro atoms. The van der Waals surface area contributed by atoms with Gasteiger partial charge in [-0.1, -0.05) is 29.4 Å². The number of amidine groups is 1. The topological polar surface area (TPSA) is 83.1 Å². The van der Waals surface area contributed by atoms with Crippen LogP contribution in [0, 0.1) is 0 Å². The number of rotatable bonds is 9. The van der Waals surface area contributed by atoms with Crippen LogP contribution < -0.4 is 11.1 Å². The van der Waals surface area contributed by atoms with Crippen LogP contribution in [0.25, 0.3) is 0 Å². The van der Waals surface area contributed by atoms with E-state index in [1.807, 2.05) is 24.3 Å². The van der Waals surface area contributed by atoms with Crippen molar-refractivity contribution in [2.24, 2.45) is 10.9 Å². The molecule has 0 heterocycles. The van der Waals surface area contributed by atoms with E-state index in [1.54, 1.807) is 7.11 Å². The number of nitrogens with two attached hydrogens (primary N) is 1. The molecule has 0 atom stereocenters. The molecule has 1 aromatic rings. The van der Waals surface area contributed by atoms with Crippen LogP contribution in [0.1, 0.15) is 11.1 Å². The van der Waals surface area contributed by atoms with Crippen molar-refractivity contribution in [3.63, 3.8) is 0 Å². The van der Waals surface area contributed by atoms with Crippen LogP contribution in [-0.2, 0) is 11.3 Å². The van der Waals surface area contributed by atoms with E-state index in [9.17, 15) is 0 Å². The molecule has 6 nitrogen and oxygen atoms in total. The zero-order valence-electron chi connectivity index (χ0n) is 12.2. The van der Waals surface area contributed by atoms with Crippen LogP contribution in [0.3, 0.4) is 0 Å². The Kier molecular flexibility index (Phi) is 7.64. The van der Waals surface area contributed by atoms with Gasteiger partial charge in [0.15, 0.2) is 5.84 Å². The van der Waals surface area contributed by atoms with E-state index in [2.05, 4.69) is 22.4 Å². The van der Waals surface area contributed by atoms with Crippen molar-refractivity contribution < 1.29 is 9.94 Å². The van der Waals surface area contributed by atoms with Crippen molar-refractivity contribution >= 4 is 5.84 Å². The number of methoxy groups -OCH3 is 1. The van der Waals surface area contributed by atoms with Crippen molar-refractivity contribution in [3.05, 3.63) is 35.4 Å². The lowest BCUT2D eigenvalue weighted by Gasteiger charge is -2.16. The summed E-state index contributed by atoms with van der Waals surface area (Å²) in [5.41, 5.74) is 7.43. The second-order valence-electron chi connectivity index (χ2n) is 4.62. The summed E-state index contributed by atoms with van der Waals surface area (Å²) in [6.07, 6.45) is 0. The third-order valence-electron chi connectivity index (χ3n) is 3.06. The van der Waals surface area contributed by atoms with Gasteiger partial charge in [-0.25, -0.2) is 0 Å². The Labute approximate surface area is 120 Å². The third-order valence-corrected chi connectivity index (χ3v) is 3.06. The molecule has 20 heavy (non-hydrogen) atoms. The lowest BCUT2D eigenvalue weighted by Crippen LogP contribution is -2.31. The van der Waals surface area contributed by atoms with Gasteiger partial charge < -0.3 is 25.9 Å². The van der Waals surface area contributed by atoms with Crippen molar-refractivity contribution in [2.45, 2.75) is 6.54 Å². The number of hydrogen-bond donors (Lipinski definition) is 3. The molecule has 0 amide bonds. The highest BCUT2D eigenvalue weighted by molar-refractivity contribution is 5.98. The third kappa shape index (κ3) is 5.56. The Morgan fingerprint density at radius 3 is 2.85 bits per heavy atom. The van der Waals surface area contributed by atoms with E-state index in [0.717, 1.165) is 37.4 Å². The summed E-state index contributed by atoms with van der Waals surface area (Å²) < 4.78 is 5.03. The lowest BCUT2D eigenvalue weighted by atomic mass is 10.1. The van der Waals surface area contributed by atoms with E-state index < -0.39 is 0 Å². The Balaban J connectivity index is 2.39. The number of hydrogen-bond acceptors (Lipinski definition) is 5. The first kappa shape index (κ1) is 16.4. The van der Waals surface area contributed by atoms with Crippen molar-refractivity contribution in [3.8, 4) is 0 Å². The fraction of sp³-hybridized carbons (Fsp3) is 0.500. The van der Waals surface area contributed by atoms with E-state index >= 15 is 0 Å². The molecule has 0 saturated carbocycles. The molecule has 1 aromatic carbocycles. The van der Waals surface area contributed by atoms with E-state index in [1.165, 1.54) is 0 Å². The highest BCUT2D eigenvalue weighted by atomic mass is 16.5. The van der Waals surface area contributed by atoms with E-state index in [4.69, 9.17) is 15.7 Å². The molecule has 0 aliphatic heterocycles.